The highest BCUT2D eigenvalue weighted by atomic mass is 19.2. The van der Waals surface area contributed by atoms with Crippen molar-refractivity contribution in [1.29, 1.82) is 0 Å². The van der Waals surface area contributed by atoms with Crippen LogP contribution in [0.4, 0.5) is 13.2 Å². The third kappa shape index (κ3) is 2.74. The van der Waals surface area contributed by atoms with Crippen LogP contribution in [0, 0.1) is 17.5 Å². The molecule has 0 bridgehead atoms. The lowest BCUT2D eigenvalue weighted by molar-refractivity contribution is -0.116. The van der Waals surface area contributed by atoms with Crippen LogP contribution in [0.2, 0.25) is 0 Å². The van der Waals surface area contributed by atoms with Crippen molar-refractivity contribution in [2.45, 2.75) is 6.92 Å². The number of carbonyl (C=O) groups excluding carboxylic acids is 2. The van der Waals surface area contributed by atoms with Crippen LogP contribution in [0.1, 0.15) is 17.3 Å². The quantitative estimate of drug-likeness (QED) is 0.787. The summed E-state index contributed by atoms with van der Waals surface area (Å²) in [6, 6.07) is 0.305. The van der Waals surface area contributed by atoms with Gasteiger partial charge < -0.3 is 10.4 Å². The maximum absolute atomic E-state index is 13.2. The van der Waals surface area contributed by atoms with E-state index < -0.39 is 40.5 Å². The van der Waals surface area contributed by atoms with Crippen LogP contribution in [0.3, 0.4) is 0 Å². The molecule has 1 aromatic carbocycles. The van der Waals surface area contributed by atoms with Gasteiger partial charge in [0.1, 0.15) is 5.78 Å². The van der Waals surface area contributed by atoms with Crippen molar-refractivity contribution in [3.8, 4) is 5.75 Å². The molecule has 0 saturated carbocycles. The van der Waals surface area contributed by atoms with Gasteiger partial charge >= 0.3 is 0 Å². The van der Waals surface area contributed by atoms with Crippen LogP contribution in [0.5, 0.6) is 5.75 Å². The highest BCUT2D eigenvalue weighted by Crippen LogP contribution is 2.25. The maximum atomic E-state index is 13.2. The molecule has 0 aromatic heterocycles. The van der Waals surface area contributed by atoms with Crippen molar-refractivity contribution in [3.05, 3.63) is 29.1 Å². The highest BCUT2D eigenvalue weighted by molar-refractivity contribution is 5.97. The molecule has 0 aliphatic rings. The van der Waals surface area contributed by atoms with E-state index in [-0.39, 0.29) is 6.54 Å². The van der Waals surface area contributed by atoms with Gasteiger partial charge in [0.25, 0.3) is 5.91 Å². The van der Waals surface area contributed by atoms with Gasteiger partial charge in [-0.2, -0.15) is 4.39 Å². The largest absolute Gasteiger partial charge is 0.503 e. The molecular weight excluding hydrogens is 239 g/mol. The number of halogens is 3. The fraction of sp³-hybridized carbons (Fsp3) is 0.200. The van der Waals surface area contributed by atoms with Gasteiger partial charge in [-0.15, -0.1) is 0 Å². The molecule has 0 unspecified atom stereocenters. The lowest BCUT2D eigenvalue weighted by Crippen LogP contribution is -2.29. The molecule has 0 aliphatic heterocycles. The van der Waals surface area contributed by atoms with Crippen molar-refractivity contribution in [2.75, 3.05) is 6.54 Å². The molecular formula is C10H8F3NO3. The summed E-state index contributed by atoms with van der Waals surface area (Å²) in [5.41, 5.74) is -0.873. The Kier molecular flexibility index (Phi) is 3.72. The van der Waals surface area contributed by atoms with Gasteiger partial charge in [0.2, 0.25) is 5.82 Å². The highest BCUT2D eigenvalue weighted by Gasteiger charge is 2.22. The summed E-state index contributed by atoms with van der Waals surface area (Å²) in [6.45, 7) is 0.803. The van der Waals surface area contributed by atoms with E-state index in [2.05, 4.69) is 0 Å². The van der Waals surface area contributed by atoms with Gasteiger partial charge in [-0.05, 0) is 13.0 Å². The van der Waals surface area contributed by atoms with Gasteiger partial charge in [0.05, 0.1) is 12.1 Å². The van der Waals surface area contributed by atoms with E-state index >= 15 is 0 Å². The molecule has 4 nitrogen and oxygen atoms in total. The Bertz CT molecular complexity index is 488. The number of carbonyl (C=O) groups is 2. The van der Waals surface area contributed by atoms with Crippen LogP contribution in [0.15, 0.2) is 6.07 Å². The Morgan fingerprint density at radius 2 is 1.88 bits per heavy atom. The van der Waals surface area contributed by atoms with E-state index in [1.165, 1.54) is 6.92 Å². The molecule has 0 heterocycles. The zero-order valence-corrected chi connectivity index (χ0v) is 8.68. The second-order valence-corrected chi connectivity index (χ2v) is 3.27. The van der Waals surface area contributed by atoms with Crippen molar-refractivity contribution in [3.63, 3.8) is 0 Å². The number of amides is 1. The Hall–Kier alpha value is -2.05. The fourth-order valence-corrected chi connectivity index (χ4v) is 1.06. The predicted octanol–water partition coefficient (Wildman–Crippen LogP) is 1.13. The summed E-state index contributed by atoms with van der Waals surface area (Å²) in [7, 11) is 0. The molecule has 2 N–H and O–H groups in total. The first-order chi connectivity index (χ1) is 7.84. The first-order valence-corrected chi connectivity index (χ1v) is 4.48. The van der Waals surface area contributed by atoms with Crippen LogP contribution in [0.25, 0.3) is 0 Å². The van der Waals surface area contributed by atoms with Crippen LogP contribution in [-0.2, 0) is 4.79 Å². The maximum Gasteiger partial charge on any atom is 0.254 e. The van der Waals surface area contributed by atoms with E-state index in [9.17, 15) is 22.8 Å². The smallest absolute Gasteiger partial charge is 0.254 e. The monoisotopic (exact) mass is 247 g/mol. The van der Waals surface area contributed by atoms with Gasteiger partial charge in [0.15, 0.2) is 17.4 Å². The number of phenolic OH excluding ortho intramolecular Hbond substituents is 1. The Morgan fingerprint density at radius 1 is 1.29 bits per heavy atom. The number of aromatic hydroxyl groups is 1. The SMILES string of the molecule is CC(=O)CNC(=O)c1cc(F)c(F)c(O)c1F. The second kappa shape index (κ2) is 4.86. The van der Waals surface area contributed by atoms with Gasteiger partial charge in [-0.3, -0.25) is 9.59 Å². The molecule has 0 fully saturated rings. The third-order valence-corrected chi connectivity index (χ3v) is 1.88. The van der Waals surface area contributed by atoms with Crippen LogP contribution in [-0.4, -0.2) is 23.3 Å². The number of hydrogen-bond acceptors (Lipinski definition) is 3. The molecule has 0 atom stereocenters. The van der Waals surface area contributed by atoms with E-state index in [4.69, 9.17) is 5.11 Å². The molecule has 17 heavy (non-hydrogen) atoms. The zero-order chi connectivity index (χ0) is 13.2. The summed E-state index contributed by atoms with van der Waals surface area (Å²) >= 11 is 0. The average molecular weight is 247 g/mol. The van der Waals surface area contributed by atoms with Crippen LogP contribution >= 0.6 is 0 Å². The van der Waals surface area contributed by atoms with Gasteiger partial charge in [-0.25, -0.2) is 8.78 Å². The first-order valence-electron chi connectivity index (χ1n) is 4.48. The topological polar surface area (TPSA) is 66.4 Å². The van der Waals surface area contributed by atoms with Crippen molar-refractivity contribution >= 4 is 11.7 Å². The predicted molar refractivity (Wildman–Crippen MR) is 51.0 cm³/mol. The summed E-state index contributed by atoms with van der Waals surface area (Å²) in [5, 5.41) is 10.8. The molecule has 7 heteroatoms. The van der Waals surface area contributed by atoms with E-state index in [0.717, 1.165) is 0 Å². The number of rotatable bonds is 3. The Morgan fingerprint density at radius 3 is 2.41 bits per heavy atom. The fourth-order valence-electron chi connectivity index (χ4n) is 1.06. The third-order valence-electron chi connectivity index (χ3n) is 1.88. The zero-order valence-electron chi connectivity index (χ0n) is 8.68. The van der Waals surface area contributed by atoms with E-state index in [1.807, 2.05) is 5.32 Å². The average Bonchev–Trinajstić information content (AvgIpc) is 2.28. The van der Waals surface area contributed by atoms with Crippen molar-refractivity contribution in [2.24, 2.45) is 0 Å². The number of hydrogen-bond donors (Lipinski definition) is 2. The molecule has 0 aliphatic carbocycles. The lowest BCUT2D eigenvalue weighted by atomic mass is 10.1. The molecule has 1 aromatic rings. The lowest BCUT2D eigenvalue weighted by Gasteiger charge is -2.06. The Balaban J connectivity index is 3.06. The second-order valence-electron chi connectivity index (χ2n) is 3.27. The molecule has 1 rings (SSSR count). The summed E-state index contributed by atoms with van der Waals surface area (Å²) in [6.07, 6.45) is 0. The summed E-state index contributed by atoms with van der Waals surface area (Å²) < 4.78 is 38.7. The van der Waals surface area contributed by atoms with Crippen molar-refractivity contribution in [1.82, 2.24) is 5.32 Å². The molecule has 92 valence electrons. The minimum Gasteiger partial charge on any atom is -0.503 e. The number of benzene rings is 1. The Labute approximate surface area is 94.1 Å². The van der Waals surface area contributed by atoms with Gasteiger partial charge in [0, 0.05) is 0 Å². The minimum atomic E-state index is -1.77. The first kappa shape index (κ1) is 13.0. The molecule has 1 amide bonds. The number of ketones is 1. The minimum absolute atomic E-state index is 0.305. The van der Waals surface area contributed by atoms with E-state index in [0.29, 0.717) is 6.07 Å². The van der Waals surface area contributed by atoms with E-state index in [1.54, 1.807) is 0 Å². The van der Waals surface area contributed by atoms with Gasteiger partial charge in [-0.1, -0.05) is 0 Å². The normalized spacial score (nSPS) is 10.1. The number of nitrogens with one attached hydrogen (secondary N) is 1. The molecule has 0 saturated heterocycles. The van der Waals surface area contributed by atoms with Crippen LogP contribution < -0.4 is 5.32 Å². The molecule has 0 spiro atoms. The standard InChI is InChI=1S/C10H8F3NO3/c1-4(15)3-14-10(17)5-2-6(11)8(13)9(16)7(5)12/h2,16H,3H2,1H3,(H,14,17). The molecule has 0 radical (unpaired) electrons. The summed E-state index contributed by atoms with van der Waals surface area (Å²) in [5.74, 6) is -8.00. The number of Topliss-reactive ketones (excluding diaryl/α,β-unsaturated/α-hetero) is 1. The number of phenols is 1. The summed E-state index contributed by atoms with van der Waals surface area (Å²) in [4.78, 5) is 21.8. The van der Waals surface area contributed by atoms with Crippen molar-refractivity contribution < 1.29 is 27.9 Å².